The number of halogens is 1. The Hall–Kier alpha value is -1.26. The molecule has 4 nitrogen and oxygen atoms in total. The lowest BCUT2D eigenvalue weighted by molar-refractivity contribution is 0.0952. The van der Waals surface area contributed by atoms with Crippen molar-refractivity contribution < 1.29 is 4.79 Å². The molecule has 19 heavy (non-hydrogen) atoms. The summed E-state index contributed by atoms with van der Waals surface area (Å²) in [6, 6.07) is 4.92. The Morgan fingerprint density at radius 2 is 2.05 bits per heavy atom. The van der Waals surface area contributed by atoms with Crippen LogP contribution < -0.4 is 11.1 Å². The minimum absolute atomic E-state index is 0.149. The molecule has 1 aromatic carbocycles. The van der Waals surface area contributed by atoms with Crippen molar-refractivity contribution in [2.45, 2.75) is 20.3 Å². The van der Waals surface area contributed by atoms with Crippen LogP contribution in [0.1, 0.15) is 30.6 Å². The third-order valence-electron chi connectivity index (χ3n) is 3.07. The fourth-order valence-electron chi connectivity index (χ4n) is 1.86. The first kappa shape index (κ1) is 15.8. The van der Waals surface area contributed by atoms with Crippen molar-refractivity contribution >= 4 is 23.2 Å². The summed E-state index contributed by atoms with van der Waals surface area (Å²) in [4.78, 5) is 14.2. The van der Waals surface area contributed by atoms with Gasteiger partial charge in [0.1, 0.15) is 0 Å². The number of carbonyl (C=O) groups is 1. The zero-order valence-corrected chi connectivity index (χ0v) is 12.3. The van der Waals surface area contributed by atoms with Gasteiger partial charge in [0.25, 0.3) is 5.91 Å². The minimum atomic E-state index is -0.149. The SMILES string of the molecule is CCN(CC)CCCNC(=O)c1ccc(N)cc1Cl. The van der Waals surface area contributed by atoms with E-state index < -0.39 is 0 Å². The van der Waals surface area contributed by atoms with Crippen molar-refractivity contribution in [3.05, 3.63) is 28.8 Å². The number of rotatable bonds is 7. The average molecular weight is 284 g/mol. The molecule has 0 saturated carbocycles. The van der Waals surface area contributed by atoms with Crippen LogP contribution in [0, 0.1) is 0 Å². The van der Waals surface area contributed by atoms with E-state index in [9.17, 15) is 4.79 Å². The molecular weight excluding hydrogens is 262 g/mol. The minimum Gasteiger partial charge on any atom is -0.399 e. The number of nitrogen functional groups attached to an aromatic ring is 1. The number of nitrogens with zero attached hydrogens (tertiary/aromatic N) is 1. The summed E-state index contributed by atoms with van der Waals surface area (Å²) in [5.74, 6) is -0.149. The zero-order chi connectivity index (χ0) is 14.3. The summed E-state index contributed by atoms with van der Waals surface area (Å²) in [5.41, 5.74) is 6.62. The summed E-state index contributed by atoms with van der Waals surface area (Å²) in [5, 5.41) is 3.26. The predicted molar refractivity (Wildman–Crippen MR) is 80.6 cm³/mol. The molecule has 0 fully saturated rings. The van der Waals surface area contributed by atoms with Gasteiger partial charge in [0, 0.05) is 12.2 Å². The van der Waals surface area contributed by atoms with Gasteiger partial charge in [0.2, 0.25) is 0 Å². The summed E-state index contributed by atoms with van der Waals surface area (Å²) in [6.07, 6.45) is 0.931. The van der Waals surface area contributed by atoms with Crippen molar-refractivity contribution in [1.29, 1.82) is 0 Å². The molecule has 3 N–H and O–H groups in total. The monoisotopic (exact) mass is 283 g/mol. The Balaban J connectivity index is 2.39. The Morgan fingerprint density at radius 3 is 2.63 bits per heavy atom. The summed E-state index contributed by atoms with van der Waals surface area (Å²) in [7, 11) is 0. The van der Waals surface area contributed by atoms with Gasteiger partial charge in [-0.1, -0.05) is 25.4 Å². The van der Waals surface area contributed by atoms with Crippen molar-refractivity contribution in [1.82, 2.24) is 10.2 Å². The lowest BCUT2D eigenvalue weighted by atomic mass is 10.2. The lowest BCUT2D eigenvalue weighted by Crippen LogP contribution is -2.30. The normalized spacial score (nSPS) is 10.7. The summed E-state index contributed by atoms with van der Waals surface area (Å²) >= 11 is 5.98. The van der Waals surface area contributed by atoms with Crippen LogP contribution >= 0.6 is 11.6 Å². The third kappa shape index (κ3) is 5.09. The fourth-order valence-corrected chi connectivity index (χ4v) is 2.13. The molecule has 1 aromatic rings. The molecule has 0 aliphatic rings. The van der Waals surface area contributed by atoms with E-state index in [2.05, 4.69) is 24.1 Å². The van der Waals surface area contributed by atoms with E-state index in [1.807, 2.05) is 0 Å². The van der Waals surface area contributed by atoms with Crippen LogP contribution in [-0.4, -0.2) is 37.0 Å². The first-order valence-corrected chi connectivity index (χ1v) is 7.01. The molecule has 0 heterocycles. The standard InChI is InChI=1S/C14H22ClN3O/c1-3-18(4-2)9-5-8-17-14(19)12-7-6-11(16)10-13(12)15/h6-7,10H,3-5,8-9,16H2,1-2H3,(H,17,19). The summed E-state index contributed by atoms with van der Waals surface area (Å²) in [6.45, 7) is 7.98. The number of anilines is 1. The quantitative estimate of drug-likeness (QED) is 0.597. The second-order valence-electron chi connectivity index (χ2n) is 4.38. The molecule has 0 spiro atoms. The maximum atomic E-state index is 11.9. The van der Waals surface area contributed by atoms with Gasteiger partial charge in [-0.05, 0) is 44.3 Å². The number of nitrogens with two attached hydrogens (primary N) is 1. The molecule has 5 heteroatoms. The highest BCUT2D eigenvalue weighted by atomic mass is 35.5. The third-order valence-corrected chi connectivity index (χ3v) is 3.38. The van der Waals surface area contributed by atoms with Gasteiger partial charge in [0.05, 0.1) is 10.6 Å². The van der Waals surface area contributed by atoms with Gasteiger partial charge >= 0.3 is 0 Å². The van der Waals surface area contributed by atoms with Crippen molar-refractivity contribution in [3.63, 3.8) is 0 Å². The molecular formula is C14H22ClN3O. The van der Waals surface area contributed by atoms with Gasteiger partial charge < -0.3 is 16.0 Å². The number of benzene rings is 1. The number of hydrogen-bond acceptors (Lipinski definition) is 3. The van der Waals surface area contributed by atoms with Gasteiger partial charge in [-0.25, -0.2) is 0 Å². The Bertz CT molecular complexity index is 419. The number of amides is 1. The molecule has 0 radical (unpaired) electrons. The van der Waals surface area contributed by atoms with Gasteiger partial charge in [-0.2, -0.15) is 0 Å². The van der Waals surface area contributed by atoms with Crippen LogP contribution in [-0.2, 0) is 0 Å². The molecule has 1 rings (SSSR count). The number of hydrogen-bond donors (Lipinski definition) is 2. The second kappa shape index (κ2) is 8.02. The molecule has 1 amide bonds. The highest BCUT2D eigenvalue weighted by Gasteiger charge is 2.09. The Labute approximate surface area is 119 Å². The van der Waals surface area contributed by atoms with E-state index in [1.54, 1.807) is 18.2 Å². The van der Waals surface area contributed by atoms with Crippen molar-refractivity contribution in [2.24, 2.45) is 0 Å². The van der Waals surface area contributed by atoms with E-state index in [1.165, 1.54) is 0 Å². The van der Waals surface area contributed by atoms with Crippen molar-refractivity contribution in [2.75, 3.05) is 31.9 Å². The van der Waals surface area contributed by atoms with E-state index >= 15 is 0 Å². The molecule has 0 atom stereocenters. The van der Waals surface area contributed by atoms with Gasteiger partial charge in [-0.3, -0.25) is 4.79 Å². The number of carbonyl (C=O) groups excluding carboxylic acids is 1. The fraction of sp³-hybridized carbons (Fsp3) is 0.500. The highest BCUT2D eigenvalue weighted by Crippen LogP contribution is 2.18. The van der Waals surface area contributed by atoms with E-state index in [0.29, 0.717) is 22.8 Å². The van der Waals surface area contributed by atoms with Crippen LogP contribution in [0.4, 0.5) is 5.69 Å². The first-order valence-electron chi connectivity index (χ1n) is 6.64. The van der Waals surface area contributed by atoms with E-state index in [0.717, 1.165) is 26.1 Å². The lowest BCUT2D eigenvalue weighted by Gasteiger charge is -2.17. The van der Waals surface area contributed by atoms with Gasteiger partial charge in [-0.15, -0.1) is 0 Å². The van der Waals surface area contributed by atoms with E-state index in [4.69, 9.17) is 17.3 Å². The van der Waals surface area contributed by atoms with Crippen LogP contribution in [0.3, 0.4) is 0 Å². The van der Waals surface area contributed by atoms with Crippen molar-refractivity contribution in [3.8, 4) is 0 Å². The zero-order valence-electron chi connectivity index (χ0n) is 11.6. The highest BCUT2D eigenvalue weighted by molar-refractivity contribution is 6.34. The molecule has 0 aliphatic heterocycles. The molecule has 0 aliphatic carbocycles. The van der Waals surface area contributed by atoms with Crippen LogP contribution in [0.2, 0.25) is 5.02 Å². The number of nitrogens with one attached hydrogen (secondary N) is 1. The molecule has 106 valence electrons. The predicted octanol–water partition coefficient (Wildman–Crippen LogP) is 2.38. The molecule has 0 unspecified atom stereocenters. The largest absolute Gasteiger partial charge is 0.399 e. The maximum absolute atomic E-state index is 11.9. The van der Waals surface area contributed by atoms with Crippen LogP contribution in [0.5, 0.6) is 0 Å². The summed E-state index contributed by atoms with van der Waals surface area (Å²) < 4.78 is 0. The Morgan fingerprint density at radius 1 is 1.37 bits per heavy atom. The smallest absolute Gasteiger partial charge is 0.252 e. The second-order valence-corrected chi connectivity index (χ2v) is 4.78. The van der Waals surface area contributed by atoms with Crippen LogP contribution in [0.15, 0.2) is 18.2 Å². The first-order chi connectivity index (χ1) is 9.08. The van der Waals surface area contributed by atoms with Crippen LogP contribution in [0.25, 0.3) is 0 Å². The maximum Gasteiger partial charge on any atom is 0.252 e. The Kier molecular flexibility index (Phi) is 6.67. The molecule has 0 aromatic heterocycles. The van der Waals surface area contributed by atoms with E-state index in [-0.39, 0.29) is 5.91 Å². The topological polar surface area (TPSA) is 58.4 Å². The molecule has 0 saturated heterocycles. The van der Waals surface area contributed by atoms with Gasteiger partial charge in [0.15, 0.2) is 0 Å². The average Bonchev–Trinajstić information content (AvgIpc) is 2.38. The molecule has 0 bridgehead atoms.